The molecule has 1 amide bonds. The van der Waals surface area contributed by atoms with Crippen LogP contribution in [0.15, 0.2) is 48.5 Å². The van der Waals surface area contributed by atoms with Gasteiger partial charge in [0.25, 0.3) is 5.69 Å². The molecule has 0 N–H and O–H groups in total. The Morgan fingerprint density at radius 2 is 1.97 bits per heavy atom. The van der Waals surface area contributed by atoms with Crippen LogP contribution in [0.1, 0.15) is 30.9 Å². The number of carbonyl (C=O) groups excluding carboxylic acids is 1. The number of rotatable bonds is 9. The summed E-state index contributed by atoms with van der Waals surface area (Å²) in [5.74, 6) is -0.140. The first-order valence-corrected chi connectivity index (χ1v) is 10.8. The molecule has 0 saturated carbocycles. The number of likely N-dealkylation sites (tertiary alicyclic amines) is 1. The zero-order valence-electron chi connectivity index (χ0n) is 18.7. The summed E-state index contributed by atoms with van der Waals surface area (Å²) in [7, 11) is 1.51. The molecule has 1 aliphatic heterocycles. The highest BCUT2D eigenvalue weighted by atomic mass is 19.1. The normalized spacial score (nSPS) is 18.8. The van der Waals surface area contributed by atoms with Gasteiger partial charge in [-0.15, -0.1) is 0 Å². The Balaban J connectivity index is 1.80. The van der Waals surface area contributed by atoms with Gasteiger partial charge in [-0.25, -0.2) is 4.39 Å². The number of benzene rings is 2. The lowest BCUT2D eigenvalue weighted by Gasteiger charge is -2.31. The van der Waals surface area contributed by atoms with Crippen LogP contribution in [0.2, 0.25) is 0 Å². The van der Waals surface area contributed by atoms with Crippen molar-refractivity contribution >= 4 is 11.6 Å². The topological polar surface area (TPSA) is 75.9 Å². The third-order valence-corrected chi connectivity index (χ3v) is 5.99. The molecule has 0 radical (unpaired) electrons. The maximum absolute atomic E-state index is 14.0. The number of ether oxygens (including phenoxy) is 1. The third-order valence-electron chi connectivity index (χ3n) is 5.99. The Morgan fingerprint density at radius 1 is 1.25 bits per heavy atom. The highest BCUT2D eigenvalue weighted by Crippen LogP contribution is 2.35. The third kappa shape index (κ3) is 5.89. The first kappa shape index (κ1) is 23.8. The molecule has 1 fully saturated rings. The number of nitro groups is 1. The van der Waals surface area contributed by atoms with Crippen LogP contribution in [0.3, 0.4) is 0 Å². The molecule has 0 aliphatic carbocycles. The summed E-state index contributed by atoms with van der Waals surface area (Å²) >= 11 is 0. The number of halogens is 1. The largest absolute Gasteiger partial charge is 0.375 e. The summed E-state index contributed by atoms with van der Waals surface area (Å²) in [5.41, 5.74) is 1.96. The molecule has 1 aliphatic rings. The van der Waals surface area contributed by atoms with Crippen LogP contribution in [0, 0.1) is 21.8 Å². The van der Waals surface area contributed by atoms with E-state index in [1.54, 1.807) is 24.3 Å². The van der Waals surface area contributed by atoms with Gasteiger partial charge >= 0.3 is 0 Å². The summed E-state index contributed by atoms with van der Waals surface area (Å²) in [6, 6.07) is 13.2. The van der Waals surface area contributed by atoms with Crippen LogP contribution >= 0.6 is 0 Å². The molecule has 32 heavy (non-hydrogen) atoms. The molecule has 2 aromatic rings. The second-order valence-corrected chi connectivity index (χ2v) is 8.61. The van der Waals surface area contributed by atoms with Gasteiger partial charge in [0, 0.05) is 57.4 Å². The standard InChI is InChI=1S/C24H30FN3O4/c1-17(2)27(24(29)16-32-3)14-20-13-26(12-18-7-9-22(10-8-18)28(30)31)15-23(20)19-5-4-6-21(25)11-19/h4-11,17,20,23H,12-16H2,1-3H3. The molecule has 1 saturated heterocycles. The number of hydrogen-bond acceptors (Lipinski definition) is 5. The zero-order valence-corrected chi connectivity index (χ0v) is 18.7. The number of amides is 1. The van der Waals surface area contributed by atoms with E-state index < -0.39 is 4.92 Å². The fourth-order valence-electron chi connectivity index (χ4n) is 4.43. The van der Waals surface area contributed by atoms with E-state index >= 15 is 0 Å². The van der Waals surface area contributed by atoms with Crippen molar-refractivity contribution in [2.75, 3.05) is 33.4 Å². The lowest BCUT2D eigenvalue weighted by molar-refractivity contribution is -0.384. The molecular weight excluding hydrogens is 413 g/mol. The average Bonchev–Trinajstić information content (AvgIpc) is 3.14. The lowest BCUT2D eigenvalue weighted by atomic mass is 9.88. The van der Waals surface area contributed by atoms with E-state index in [1.807, 2.05) is 24.8 Å². The van der Waals surface area contributed by atoms with Crippen molar-refractivity contribution in [1.29, 1.82) is 0 Å². The predicted octanol–water partition coefficient (Wildman–Crippen LogP) is 3.83. The summed E-state index contributed by atoms with van der Waals surface area (Å²) in [6.07, 6.45) is 0. The van der Waals surface area contributed by atoms with Crippen LogP contribution in [0.4, 0.5) is 10.1 Å². The molecule has 0 bridgehead atoms. The van der Waals surface area contributed by atoms with Gasteiger partial charge in [-0.2, -0.15) is 0 Å². The van der Waals surface area contributed by atoms with Gasteiger partial charge in [0.05, 0.1) is 4.92 Å². The quantitative estimate of drug-likeness (QED) is 0.435. The zero-order chi connectivity index (χ0) is 23.3. The Kier molecular flexibility index (Phi) is 7.93. The first-order valence-electron chi connectivity index (χ1n) is 10.8. The first-order chi connectivity index (χ1) is 15.3. The van der Waals surface area contributed by atoms with Crippen molar-refractivity contribution < 1.29 is 18.8 Å². The maximum atomic E-state index is 14.0. The highest BCUT2D eigenvalue weighted by molar-refractivity contribution is 5.77. The second-order valence-electron chi connectivity index (χ2n) is 8.61. The Bertz CT molecular complexity index is 935. The van der Waals surface area contributed by atoms with Gasteiger partial charge in [0.1, 0.15) is 12.4 Å². The van der Waals surface area contributed by atoms with Crippen LogP contribution in [0.25, 0.3) is 0 Å². The van der Waals surface area contributed by atoms with Crippen molar-refractivity contribution in [3.8, 4) is 0 Å². The van der Waals surface area contributed by atoms with Crippen molar-refractivity contribution in [1.82, 2.24) is 9.80 Å². The Morgan fingerprint density at radius 3 is 2.56 bits per heavy atom. The van der Waals surface area contributed by atoms with Crippen molar-refractivity contribution in [3.05, 3.63) is 75.6 Å². The van der Waals surface area contributed by atoms with Crippen molar-refractivity contribution in [3.63, 3.8) is 0 Å². The maximum Gasteiger partial charge on any atom is 0.269 e. The number of non-ortho nitro benzene ring substituents is 1. The Labute approximate surface area is 187 Å². The van der Waals surface area contributed by atoms with Crippen LogP contribution in [-0.2, 0) is 16.1 Å². The molecule has 0 spiro atoms. The fraction of sp³-hybridized carbons (Fsp3) is 0.458. The van der Waals surface area contributed by atoms with Crippen LogP contribution in [0.5, 0.6) is 0 Å². The average molecular weight is 444 g/mol. The van der Waals surface area contributed by atoms with Gasteiger partial charge < -0.3 is 9.64 Å². The van der Waals surface area contributed by atoms with E-state index in [9.17, 15) is 19.3 Å². The van der Waals surface area contributed by atoms with E-state index in [1.165, 1.54) is 25.3 Å². The van der Waals surface area contributed by atoms with Gasteiger partial charge in [0.15, 0.2) is 0 Å². The van der Waals surface area contributed by atoms with E-state index in [0.717, 1.165) is 24.2 Å². The van der Waals surface area contributed by atoms with E-state index in [-0.39, 0.29) is 41.9 Å². The van der Waals surface area contributed by atoms with Crippen molar-refractivity contribution in [2.45, 2.75) is 32.4 Å². The molecule has 1 heterocycles. The molecular formula is C24H30FN3O4. The number of nitro benzene ring substituents is 1. The number of carbonyl (C=O) groups is 1. The SMILES string of the molecule is COCC(=O)N(CC1CN(Cc2ccc([N+](=O)[O-])cc2)CC1c1cccc(F)c1)C(C)C. The molecule has 0 aromatic heterocycles. The summed E-state index contributed by atoms with van der Waals surface area (Å²) in [5, 5.41) is 10.9. The smallest absolute Gasteiger partial charge is 0.269 e. The second kappa shape index (κ2) is 10.7. The molecule has 2 unspecified atom stereocenters. The highest BCUT2D eigenvalue weighted by Gasteiger charge is 2.36. The molecule has 7 nitrogen and oxygen atoms in total. The number of nitrogens with zero attached hydrogens (tertiary/aromatic N) is 3. The van der Waals surface area contributed by atoms with Gasteiger partial charge in [-0.05, 0) is 43.0 Å². The van der Waals surface area contributed by atoms with Gasteiger partial charge in [-0.1, -0.05) is 24.3 Å². The molecule has 3 rings (SSSR count). The number of hydrogen-bond donors (Lipinski definition) is 0. The lowest BCUT2D eigenvalue weighted by Crippen LogP contribution is -2.43. The molecule has 172 valence electrons. The number of methoxy groups -OCH3 is 1. The minimum atomic E-state index is -0.410. The summed E-state index contributed by atoms with van der Waals surface area (Å²) in [6.45, 7) is 6.63. The van der Waals surface area contributed by atoms with E-state index in [0.29, 0.717) is 13.1 Å². The van der Waals surface area contributed by atoms with Crippen molar-refractivity contribution in [2.24, 2.45) is 5.92 Å². The molecule has 8 heteroatoms. The van der Waals surface area contributed by atoms with E-state index in [4.69, 9.17) is 4.74 Å². The van der Waals surface area contributed by atoms with Crippen LogP contribution < -0.4 is 0 Å². The monoisotopic (exact) mass is 443 g/mol. The summed E-state index contributed by atoms with van der Waals surface area (Å²) in [4.78, 5) is 27.2. The fourth-order valence-corrected chi connectivity index (χ4v) is 4.43. The van der Waals surface area contributed by atoms with Crippen LogP contribution in [-0.4, -0.2) is 60.0 Å². The van der Waals surface area contributed by atoms with Gasteiger partial charge in [-0.3, -0.25) is 19.8 Å². The van der Waals surface area contributed by atoms with Gasteiger partial charge in [0.2, 0.25) is 5.91 Å². The minimum Gasteiger partial charge on any atom is -0.375 e. The van der Waals surface area contributed by atoms with E-state index in [2.05, 4.69) is 4.90 Å². The molecule has 2 atom stereocenters. The Hall–Kier alpha value is -2.84. The predicted molar refractivity (Wildman–Crippen MR) is 120 cm³/mol. The summed E-state index contributed by atoms with van der Waals surface area (Å²) < 4.78 is 19.0. The molecule has 2 aromatic carbocycles. The minimum absolute atomic E-state index is 0.0227.